The molecule has 1 amide bonds. The van der Waals surface area contributed by atoms with Crippen molar-refractivity contribution in [3.8, 4) is 0 Å². The molecule has 0 fully saturated rings. The minimum Gasteiger partial charge on any atom is -0.475 e. The number of primary amides is 1. The van der Waals surface area contributed by atoms with Crippen molar-refractivity contribution in [3.63, 3.8) is 0 Å². The fraction of sp³-hybridized carbons (Fsp3) is 0. The Morgan fingerprint density at radius 3 is 2.55 bits per heavy atom. The minimum atomic E-state index is -1.30. The van der Waals surface area contributed by atoms with Crippen LogP contribution in [-0.4, -0.2) is 17.0 Å². The van der Waals surface area contributed by atoms with E-state index in [1.807, 2.05) is 0 Å². The van der Waals surface area contributed by atoms with Gasteiger partial charge in [-0.3, -0.25) is 4.79 Å². The van der Waals surface area contributed by atoms with Crippen molar-refractivity contribution in [2.45, 2.75) is 0 Å². The first kappa shape index (κ1) is 7.33. The van der Waals surface area contributed by atoms with Crippen molar-refractivity contribution < 1.29 is 19.1 Å². The molecule has 1 aromatic heterocycles. The first-order valence-electron chi connectivity index (χ1n) is 2.73. The Labute approximate surface area is 61.4 Å². The maximum atomic E-state index is 10.5. The molecular weight excluding hydrogens is 150 g/mol. The van der Waals surface area contributed by atoms with Gasteiger partial charge in [-0.2, -0.15) is 0 Å². The van der Waals surface area contributed by atoms with Crippen LogP contribution >= 0.6 is 0 Å². The summed E-state index contributed by atoms with van der Waals surface area (Å²) in [5.74, 6) is -2.53. The van der Waals surface area contributed by atoms with Gasteiger partial charge in [0.25, 0.3) is 5.91 Å². The average Bonchev–Trinajstić information content (AvgIpc) is 2.32. The molecule has 1 aromatic rings. The number of carboxylic acids is 1. The highest BCUT2D eigenvalue weighted by Crippen LogP contribution is 2.08. The number of rotatable bonds is 2. The summed E-state index contributed by atoms with van der Waals surface area (Å²) in [4.78, 5) is 20.8. The lowest BCUT2D eigenvalue weighted by molar-refractivity contribution is 0.0657. The standard InChI is InChI=1S/C6H5NO4/c7-5(8)3-1-2-11-4(3)6(9)10/h1-2H,(H2,7,8)(H,9,10). The van der Waals surface area contributed by atoms with Gasteiger partial charge < -0.3 is 15.3 Å². The predicted octanol–water partition coefficient (Wildman–Crippen LogP) is 0.0767. The molecule has 11 heavy (non-hydrogen) atoms. The molecule has 0 atom stereocenters. The number of furan rings is 1. The summed E-state index contributed by atoms with van der Waals surface area (Å²) in [6.45, 7) is 0. The van der Waals surface area contributed by atoms with Gasteiger partial charge in [0.2, 0.25) is 5.76 Å². The number of carbonyl (C=O) groups is 2. The van der Waals surface area contributed by atoms with Crippen LogP contribution in [0.1, 0.15) is 20.9 Å². The van der Waals surface area contributed by atoms with E-state index in [1.54, 1.807) is 0 Å². The third-order valence-electron chi connectivity index (χ3n) is 1.12. The van der Waals surface area contributed by atoms with Crippen LogP contribution < -0.4 is 5.73 Å². The van der Waals surface area contributed by atoms with Crippen LogP contribution in [-0.2, 0) is 0 Å². The Bertz CT molecular complexity index is 273. The largest absolute Gasteiger partial charge is 0.475 e. The molecule has 5 nitrogen and oxygen atoms in total. The number of amides is 1. The van der Waals surface area contributed by atoms with Crippen LogP contribution in [0.4, 0.5) is 0 Å². The third-order valence-corrected chi connectivity index (χ3v) is 1.12. The predicted molar refractivity (Wildman–Crippen MR) is 34.2 cm³/mol. The number of hydrogen-bond acceptors (Lipinski definition) is 3. The quantitative estimate of drug-likeness (QED) is 0.632. The summed E-state index contributed by atoms with van der Waals surface area (Å²) < 4.78 is 4.49. The molecule has 0 bridgehead atoms. The molecular formula is C6H5NO4. The minimum absolute atomic E-state index is 0.113. The van der Waals surface area contributed by atoms with E-state index in [1.165, 1.54) is 6.07 Å². The van der Waals surface area contributed by atoms with E-state index in [0.717, 1.165) is 6.26 Å². The summed E-state index contributed by atoms with van der Waals surface area (Å²) >= 11 is 0. The second-order valence-corrected chi connectivity index (χ2v) is 1.83. The van der Waals surface area contributed by atoms with Gasteiger partial charge in [0, 0.05) is 0 Å². The fourth-order valence-electron chi connectivity index (χ4n) is 0.669. The Balaban J connectivity index is 3.16. The Morgan fingerprint density at radius 2 is 2.18 bits per heavy atom. The second kappa shape index (κ2) is 2.45. The SMILES string of the molecule is NC(=O)c1ccoc1C(=O)O. The van der Waals surface area contributed by atoms with E-state index in [4.69, 9.17) is 10.8 Å². The van der Waals surface area contributed by atoms with Gasteiger partial charge in [-0.15, -0.1) is 0 Å². The molecule has 3 N–H and O–H groups in total. The zero-order valence-electron chi connectivity index (χ0n) is 5.40. The van der Waals surface area contributed by atoms with Crippen molar-refractivity contribution in [2.75, 3.05) is 0 Å². The number of carbonyl (C=O) groups excluding carboxylic acids is 1. The molecule has 0 aliphatic rings. The first-order valence-corrected chi connectivity index (χ1v) is 2.73. The molecule has 1 rings (SSSR count). The van der Waals surface area contributed by atoms with E-state index in [-0.39, 0.29) is 5.56 Å². The van der Waals surface area contributed by atoms with Gasteiger partial charge in [0.15, 0.2) is 0 Å². The molecule has 0 aromatic carbocycles. The highest BCUT2D eigenvalue weighted by atomic mass is 16.4. The fourth-order valence-corrected chi connectivity index (χ4v) is 0.669. The maximum Gasteiger partial charge on any atom is 0.372 e. The molecule has 0 aliphatic heterocycles. The lowest BCUT2D eigenvalue weighted by Crippen LogP contribution is -2.13. The maximum absolute atomic E-state index is 10.5. The van der Waals surface area contributed by atoms with Gasteiger partial charge in [-0.1, -0.05) is 0 Å². The Hall–Kier alpha value is -1.78. The van der Waals surface area contributed by atoms with Crippen LogP contribution in [0, 0.1) is 0 Å². The van der Waals surface area contributed by atoms with Crippen molar-refractivity contribution in [1.29, 1.82) is 0 Å². The zero-order chi connectivity index (χ0) is 8.43. The normalized spacial score (nSPS) is 9.45. The molecule has 0 radical (unpaired) electrons. The Kier molecular flexibility index (Phi) is 1.63. The van der Waals surface area contributed by atoms with E-state index in [0.29, 0.717) is 0 Å². The molecule has 1 heterocycles. The topological polar surface area (TPSA) is 93.5 Å². The third kappa shape index (κ3) is 1.21. The number of nitrogens with two attached hydrogens (primary N) is 1. The number of aromatic carboxylic acids is 1. The monoisotopic (exact) mass is 155 g/mol. The van der Waals surface area contributed by atoms with E-state index >= 15 is 0 Å². The highest BCUT2D eigenvalue weighted by Gasteiger charge is 2.17. The Morgan fingerprint density at radius 1 is 1.55 bits per heavy atom. The zero-order valence-corrected chi connectivity index (χ0v) is 5.40. The first-order chi connectivity index (χ1) is 5.13. The molecule has 58 valence electrons. The van der Waals surface area contributed by atoms with Crippen molar-refractivity contribution in [3.05, 3.63) is 23.7 Å². The van der Waals surface area contributed by atoms with E-state index < -0.39 is 17.6 Å². The summed E-state index contributed by atoms with van der Waals surface area (Å²) in [6, 6.07) is 1.21. The summed E-state index contributed by atoms with van der Waals surface area (Å²) in [5.41, 5.74) is 4.72. The molecule has 0 saturated carbocycles. The van der Waals surface area contributed by atoms with E-state index in [2.05, 4.69) is 4.42 Å². The van der Waals surface area contributed by atoms with Gasteiger partial charge in [0.1, 0.15) is 0 Å². The smallest absolute Gasteiger partial charge is 0.372 e. The van der Waals surface area contributed by atoms with E-state index in [9.17, 15) is 9.59 Å². The highest BCUT2D eigenvalue weighted by molar-refractivity contribution is 6.02. The lowest BCUT2D eigenvalue weighted by Gasteiger charge is -1.89. The van der Waals surface area contributed by atoms with Crippen LogP contribution in [0.15, 0.2) is 16.7 Å². The number of hydrogen-bond donors (Lipinski definition) is 2. The summed E-state index contributed by atoms with van der Waals surface area (Å²) in [7, 11) is 0. The van der Waals surface area contributed by atoms with Crippen LogP contribution in [0.2, 0.25) is 0 Å². The van der Waals surface area contributed by atoms with Gasteiger partial charge >= 0.3 is 5.97 Å². The molecule has 0 saturated heterocycles. The van der Waals surface area contributed by atoms with Crippen LogP contribution in [0.25, 0.3) is 0 Å². The van der Waals surface area contributed by atoms with Crippen LogP contribution in [0.5, 0.6) is 0 Å². The number of carboxylic acid groups (broad SMARTS) is 1. The average molecular weight is 155 g/mol. The van der Waals surface area contributed by atoms with Crippen LogP contribution in [0.3, 0.4) is 0 Å². The lowest BCUT2D eigenvalue weighted by atomic mass is 10.2. The van der Waals surface area contributed by atoms with Crippen molar-refractivity contribution in [1.82, 2.24) is 0 Å². The van der Waals surface area contributed by atoms with Gasteiger partial charge in [0.05, 0.1) is 11.8 Å². The van der Waals surface area contributed by atoms with Crippen molar-refractivity contribution in [2.24, 2.45) is 5.73 Å². The second-order valence-electron chi connectivity index (χ2n) is 1.83. The summed E-state index contributed by atoms with van der Waals surface area (Å²) in [6.07, 6.45) is 1.10. The van der Waals surface area contributed by atoms with Crippen molar-refractivity contribution >= 4 is 11.9 Å². The molecule has 0 unspecified atom stereocenters. The summed E-state index contributed by atoms with van der Waals surface area (Å²) in [5, 5.41) is 8.40. The van der Waals surface area contributed by atoms with Gasteiger partial charge in [-0.05, 0) is 6.07 Å². The molecule has 0 aliphatic carbocycles. The molecule has 5 heteroatoms. The molecule has 0 spiro atoms. The van der Waals surface area contributed by atoms with Gasteiger partial charge in [-0.25, -0.2) is 4.79 Å².